The first-order chi connectivity index (χ1) is 11.8. The highest BCUT2D eigenvalue weighted by Gasteiger charge is 2.20. The highest BCUT2D eigenvalue weighted by molar-refractivity contribution is 5.85. The zero-order valence-electron chi connectivity index (χ0n) is 14.5. The molecule has 0 bridgehead atoms. The Bertz CT molecular complexity index is 627. The second kappa shape index (κ2) is 10.2. The zero-order valence-corrected chi connectivity index (χ0v) is 15.3. The monoisotopic (exact) mass is 358 g/mol. The first-order valence-electron chi connectivity index (χ1n) is 8.90. The Kier molecular flexibility index (Phi) is 7.96. The molecule has 1 aliphatic rings. The molecule has 0 spiro atoms. The van der Waals surface area contributed by atoms with Gasteiger partial charge in [0.1, 0.15) is 0 Å². The van der Waals surface area contributed by atoms with Crippen LogP contribution in [-0.2, 0) is 11.2 Å². The molecule has 1 saturated heterocycles. The fraction of sp³-hybridized carbons (Fsp3) is 0.381. The Labute approximate surface area is 156 Å². The number of carbonyl (C=O) groups is 1. The second-order valence-electron chi connectivity index (χ2n) is 6.61. The largest absolute Gasteiger partial charge is 0.352 e. The summed E-state index contributed by atoms with van der Waals surface area (Å²) >= 11 is 0. The normalized spacial score (nSPS) is 18.0. The van der Waals surface area contributed by atoms with Gasteiger partial charge in [0, 0.05) is 19.0 Å². The van der Waals surface area contributed by atoms with E-state index >= 15 is 0 Å². The van der Waals surface area contributed by atoms with E-state index in [4.69, 9.17) is 0 Å². The van der Waals surface area contributed by atoms with E-state index in [9.17, 15) is 4.79 Å². The summed E-state index contributed by atoms with van der Waals surface area (Å²) in [4.78, 5) is 12.5. The molecule has 2 atom stereocenters. The molecule has 25 heavy (non-hydrogen) atoms. The number of carbonyl (C=O) groups excluding carboxylic acids is 1. The smallest absolute Gasteiger partial charge is 0.220 e. The Morgan fingerprint density at radius 1 is 1.08 bits per heavy atom. The molecule has 2 aromatic carbocycles. The summed E-state index contributed by atoms with van der Waals surface area (Å²) in [5.41, 5.74) is 2.51. The van der Waals surface area contributed by atoms with Gasteiger partial charge in [0.25, 0.3) is 0 Å². The van der Waals surface area contributed by atoms with Crippen LogP contribution < -0.4 is 10.6 Å². The molecule has 134 valence electrons. The average molecular weight is 359 g/mol. The van der Waals surface area contributed by atoms with E-state index in [0.29, 0.717) is 6.42 Å². The molecule has 1 fully saturated rings. The van der Waals surface area contributed by atoms with Crippen LogP contribution in [0.15, 0.2) is 60.7 Å². The number of piperidine rings is 1. The Hall–Kier alpha value is -1.84. The minimum atomic E-state index is 0. The maximum absolute atomic E-state index is 12.5. The SMILES string of the molecule is Cl.O=C(CC(Cc1ccccc1)c1ccccc1)NC1CCCNC1. The van der Waals surface area contributed by atoms with Gasteiger partial charge in [-0.25, -0.2) is 0 Å². The lowest BCUT2D eigenvalue weighted by atomic mass is 9.89. The van der Waals surface area contributed by atoms with Gasteiger partial charge in [0.2, 0.25) is 5.91 Å². The molecule has 0 aromatic heterocycles. The lowest BCUT2D eigenvalue weighted by Crippen LogP contribution is -2.45. The minimum Gasteiger partial charge on any atom is -0.352 e. The van der Waals surface area contributed by atoms with Crippen molar-refractivity contribution in [2.24, 2.45) is 0 Å². The molecule has 1 amide bonds. The number of benzene rings is 2. The van der Waals surface area contributed by atoms with E-state index in [-0.39, 0.29) is 30.3 Å². The lowest BCUT2D eigenvalue weighted by molar-refractivity contribution is -0.122. The van der Waals surface area contributed by atoms with Crippen LogP contribution in [-0.4, -0.2) is 25.0 Å². The summed E-state index contributed by atoms with van der Waals surface area (Å²) in [5.74, 6) is 0.374. The van der Waals surface area contributed by atoms with Crippen molar-refractivity contribution < 1.29 is 4.79 Å². The number of hydrogen-bond donors (Lipinski definition) is 2. The lowest BCUT2D eigenvalue weighted by Gasteiger charge is -2.25. The van der Waals surface area contributed by atoms with Crippen molar-refractivity contribution in [2.75, 3.05) is 13.1 Å². The van der Waals surface area contributed by atoms with Crippen LogP contribution in [0.2, 0.25) is 0 Å². The van der Waals surface area contributed by atoms with Gasteiger partial charge in [-0.15, -0.1) is 12.4 Å². The van der Waals surface area contributed by atoms with Gasteiger partial charge in [-0.3, -0.25) is 4.79 Å². The summed E-state index contributed by atoms with van der Waals surface area (Å²) in [6.07, 6.45) is 3.64. The van der Waals surface area contributed by atoms with Crippen LogP contribution in [0.5, 0.6) is 0 Å². The second-order valence-corrected chi connectivity index (χ2v) is 6.61. The van der Waals surface area contributed by atoms with Gasteiger partial charge in [0.15, 0.2) is 0 Å². The zero-order chi connectivity index (χ0) is 16.6. The molecule has 3 nitrogen and oxygen atoms in total. The van der Waals surface area contributed by atoms with Gasteiger partial charge in [-0.2, -0.15) is 0 Å². The predicted molar refractivity (Wildman–Crippen MR) is 105 cm³/mol. The first-order valence-corrected chi connectivity index (χ1v) is 8.90. The minimum absolute atomic E-state index is 0. The topological polar surface area (TPSA) is 41.1 Å². The molecule has 4 heteroatoms. The summed E-state index contributed by atoms with van der Waals surface area (Å²) in [5, 5.41) is 6.55. The van der Waals surface area contributed by atoms with E-state index in [1.165, 1.54) is 11.1 Å². The summed E-state index contributed by atoms with van der Waals surface area (Å²) in [7, 11) is 0. The van der Waals surface area contributed by atoms with E-state index in [0.717, 1.165) is 32.4 Å². The van der Waals surface area contributed by atoms with Crippen molar-refractivity contribution in [3.63, 3.8) is 0 Å². The molecule has 0 radical (unpaired) electrons. The van der Waals surface area contributed by atoms with Crippen molar-refractivity contribution in [3.8, 4) is 0 Å². The molecule has 2 N–H and O–H groups in total. The van der Waals surface area contributed by atoms with Gasteiger partial charge in [-0.1, -0.05) is 60.7 Å². The van der Waals surface area contributed by atoms with E-state index in [1.807, 2.05) is 12.1 Å². The summed E-state index contributed by atoms with van der Waals surface area (Å²) in [6, 6.07) is 21.1. The number of hydrogen-bond acceptors (Lipinski definition) is 2. The van der Waals surface area contributed by atoms with Crippen LogP contribution in [0, 0.1) is 0 Å². The predicted octanol–water partition coefficient (Wildman–Crippen LogP) is 3.69. The molecule has 3 rings (SSSR count). The number of amides is 1. The molecule has 0 aliphatic carbocycles. The van der Waals surface area contributed by atoms with Gasteiger partial charge in [0.05, 0.1) is 0 Å². The van der Waals surface area contributed by atoms with Gasteiger partial charge in [-0.05, 0) is 42.9 Å². The van der Waals surface area contributed by atoms with Crippen molar-refractivity contribution in [1.82, 2.24) is 10.6 Å². The molecule has 1 heterocycles. The third-order valence-corrected chi connectivity index (χ3v) is 4.69. The molecule has 2 unspecified atom stereocenters. The molecule has 2 aromatic rings. The van der Waals surface area contributed by atoms with Crippen molar-refractivity contribution in [2.45, 2.75) is 37.6 Å². The van der Waals surface area contributed by atoms with Crippen molar-refractivity contribution in [1.29, 1.82) is 0 Å². The van der Waals surface area contributed by atoms with Crippen LogP contribution >= 0.6 is 12.4 Å². The van der Waals surface area contributed by atoms with E-state index < -0.39 is 0 Å². The Balaban J connectivity index is 0.00000225. The van der Waals surface area contributed by atoms with Crippen LogP contribution in [0.4, 0.5) is 0 Å². The van der Waals surface area contributed by atoms with Crippen molar-refractivity contribution >= 4 is 18.3 Å². The van der Waals surface area contributed by atoms with Gasteiger partial charge >= 0.3 is 0 Å². The third kappa shape index (κ3) is 6.18. The highest BCUT2D eigenvalue weighted by Crippen LogP contribution is 2.24. The molecular weight excluding hydrogens is 332 g/mol. The number of halogens is 1. The van der Waals surface area contributed by atoms with Crippen LogP contribution in [0.1, 0.15) is 36.3 Å². The van der Waals surface area contributed by atoms with E-state index in [1.54, 1.807) is 0 Å². The standard InChI is InChI=1S/C21H26N2O.ClH/c24-21(23-20-12-7-13-22-16-20)15-19(18-10-5-2-6-11-18)14-17-8-3-1-4-9-17;/h1-6,8-11,19-20,22H,7,12-16H2,(H,23,24);1H. The Morgan fingerprint density at radius 2 is 1.76 bits per heavy atom. The maximum atomic E-state index is 12.5. The third-order valence-electron chi connectivity index (χ3n) is 4.69. The average Bonchev–Trinajstić information content (AvgIpc) is 2.63. The maximum Gasteiger partial charge on any atom is 0.220 e. The summed E-state index contributed by atoms with van der Waals surface area (Å²) < 4.78 is 0. The Morgan fingerprint density at radius 3 is 2.40 bits per heavy atom. The number of nitrogens with one attached hydrogen (secondary N) is 2. The van der Waals surface area contributed by atoms with Gasteiger partial charge < -0.3 is 10.6 Å². The molecule has 1 aliphatic heterocycles. The quantitative estimate of drug-likeness (QED) is 0.826. The van der Waals surface area contributed by atoms with E-state index in [2.05, 4.69) is 59.2 Å². The van der Waals surface area contributed by atoms with Crippen molar-refractivity contribution in [3.05, 3.63) is 71.8 Å². The fourth-order valence-electron chi connectivity index (χ4n) is 3.42. The van der Waals surface area contributed by atoms with Crippen LogP contribution in [0.25, 0.3) is 0 Å². The molecular formula is C21H27ClN2O. The highest BCUT2D eigenvalue weighted by atomic mass is 35.5. The molecule has 0 saturated carbocycles. The first kappa shape index (κ1) is 19.5. The summed E-state index contributed by atoms with van der Waals surface area (Å²) in [6.45, 7) is 1.95. The van der Waals surface area contributed by atoms with Crippen LogP contribution in [0.3, 0.4) is 0 Å². The fourth-order valence-corrected chi connectivity index (χ4v) is 3.42. The number of rotatable bonds is 6.